The van der Waals surface area contributed by atoms with E-state index in [2.05, 4.69) is 4.74 Å². The van der Waals surface area contributed by atoms with E-state index in [4.69, 9.17) is 9.79 Å². The normalized spacial score (nSPS) is 14.5. The number of carbonyl (C=O) groups excluding carboxylic acids is 1. The lowest BCUT2D eigenvalue weighted by Gasteiger charge is -2.12. The number of hydrogen-bond acceptors (Lipinski definition) is 3. The second kappa shape index (κ2) is 5.17. The molecular formula is C7H13O5P. The van der Waals surface area contributed by atoms with Gasteiger partial charge in [0.15, 0.2) is 5.66 Å². The van der Waals surface area contributed by atoms with E-state index in [1.54, 1.807) is 13.8 Å². The molecule has 0 radical (unpaired) electrons. The van der Waals surface area contributed by atoms with Gasteiger partial charge in [0, 0.05) is 0 Å². The summed E-state index contributed by atoms with van der Waals surface area (Å²) in [6.07, 6.45) is 2.54. The molecule has 0 aliphatic heterocycles. The predicted molar refractivity (Wildman–Crippen MR) is 47.3 cm³/mol. The van der Waals surface area contributed by atoms with Crippen molar-refractivity contribution in [1.29, 1.82) is 0 Å². The zero-order chi connectivity index (χ0) is 10.5. The molecule has 0 saturated carbocycles. The van der Waals surface area contributed by atoms with Gasteiger partial charge < -0.3 is 14.5 Å². The average Bonchev–Trinajstić information content (AvgIpc) is 1.98. The molecule has 2 N–H and O–H groups in total. The van der Waals surface area contributed by atoms with E-state index < -0.39 is 19.2 Å². The van der Waals surface area contributed by atoms with Gasteiger partial charge in [0.05, 0.1) is 6.61 Å². The van der Waals surface area contributed by atoms with Gasteiger partial charge in [-0.25, -0.2) is 0 Å². The van der Waals surface area contributed by atoms with Gasteiger partial charge in [-0.15, -0.1) is 0 Å². The van der Waals surface area contributed by atoms with E-state index in [0.717, 1.165) is 6.08 Å². The third kappa shape index (κ3) is 4.22. The van der Waals surface area contributed by atoms with Crippen LogP contribution in [0.25, 0.3) is 0 Å². The first-order valence-corrected chi connectivity index (χ1v) is 5.46. The summed E-state index contributed by atoms with van der Waals surface area (Å²) in [5.74, 6) is -0.895. The van der Waals surface area contributed by atoms with Crippen LogP contribution in [0.3, 0.4) is 0 Å². The standard InChI is InChI=1S/C7H13O5P/c1-3-5-6(13(9,10)11)7(8)12-4-2/h3,5-6H,4H2,1-2H3,(H2,9,10,11). The van der Waals surface area contributed by atoms with Crippen molar-refractivity contribution >= 4 is 13.6 Å². The first kappa shape index (κ1) is 12.4. The zero-order valence-electron chi connectivity index (χ0n) is 7.51. The molecule has 0 saturated heterocycles. The zero-order valence-corrected chi connectivity index (χ0v) is 8.40. The van der Waals surface area contributed by atoms with Gasteiger partial charge in [0.2, 0.25) is 0 Å². The second-order valence-electron chi connectivity index (χ2n) is 2.31. The van der Waals surface area contributed by atoms with Crippen LogP contribution in [0.5, 0.6) is 0 Å². The van der Waals surface area contributed by atoms with E-state index in [-0.39, 0.29) is 6.61 Å². The molecule has 0 rings (SSSR count). The summed E-state index contributed by atoms with van der Waals surface area (Å²) in [5, 5.41) is 0. The van der Waals surface area contributed by atoms with Crippen molar-refractivity contribution in [3.63, 3.8) is 0 Å². The Morgan fingerprint density at radius 1 is 1.62 bits per heavy atom. The molecule has 0 aromatic heterocycles. The summed E-state index contributed by atoms with van der Waals surface area (Å²) < 4.78 is 15.3. The van der Waals surface area contributed by atoms with E-state index in [0.29, 0.717) is 0 Å². The fraction of sp³-hybridized carbons (Fsp3) is 0.571. The van der Waals surface area contributed by atoms with Crippen molar-refractivity contribution in [1.82, 2.24) is 0 Å². The number of esters is 1. The molecule has 0 fully saturated rings. The van der Waals surface area contributed by atoms with Gasteiger partial charge in [0.25, 0.3) is 0 Å². The third-order valence-corrected chi connectivity index (χ3v) is 2.37. The Kier molecular flexibility index (Phi) is 4.91. The maximum atomic E-state index is 11.0. The summed E-state index contributed by atoms with van der Waals surface area (Å²) in [6, 6.07) is 0. The van der Waals surface area contributed by atoms with Crippen LogP contribution in [0.4, 0.5) is 0 Å². The minimum Gasteiger partial charge on any atom is -0.465 e. The third-order valence-electron chi connectivity index (χ3n) is 1.27. The van der Waals surface area contributed by atoms with Crippen molar-refractivity contribution < 1.29 is 23.9 Å². The molecule has 0 heterocycles. The van der Waals surface area contributed by atoms with Crippen LogP contribution in [0.15, 0.2) is 12.2 Å². The molecule has 1 unspecified atom stereocenters. The maximum Gasteiger partial charge on any atom is 0.343 e. The molecule has 0 aromatic rings. The SMILES string of the molecule is CC=CC(C(=O)OCC)P(=O)(O)O. The van der Waals surface area contributed by atoms with Gasteiger partial charge in [-0.2, -0.15) is 0 Å². The van der Waals surface area contributed by atoms with Gasteiger partial charge in [-0.3, -0.25) is 9.36 Å². The smallest absolute Gasteiger partial charge is 0.343 e. The van der Waals surface area contributed by atoms with Gasteiger partial charge >= 0.3 is 13.6 Å². The minimum absolute atomic E-state index is 0.104. The van der Waals surface area contributed by atoms with E-state index in [1.165, 1.54) is 6.08 Å². The quantitative estimate of drug-likeness (QED) is 0.403. The molecule has 5 nitrogen and oxygen atoms in total. The Morgan fingerprint density at radius 2 is 2.15 bits per heavy atom. The Morgan fingerprint density at radius 3 is 2.46 bits per heavy atom. The summed E-state index contributed by atoms with van der Waals surface area (Å²) in [5.41, 5.74) is -1.47. The van der Waals surface area contributed by atoms with Crippen molar-refractivity contribution in [3.05, 3.63) is 12.2 Å². The number of ether oxygens (including phenoxy) is 1. The summed E-state index contributed by atoms with van der Waals surface area (Å²) >= 11 is 0. The lowest BCUT2D eigenvalue weighted by Crippen LogP contribution is -2.21. The Balaban J connectivity index is 4.62. The molecule has 76 valence electrons. The predicted octanol–water partition coefficient (Wildman–Crippen LogP) is 0.672. The van der Waals surface area contributed by atoms with Gasteiger partial charge in [-0.1, -0.05) is 12.2 Å². The maximum absolute atomic E-state index is 11.0. The van der Waals surface area contributed by atoms with E-state index in [9.17, 15) is 9.36 Å². The molecule has 0 spiro atoms. The second-order valence-corrected chi connectivity index (χ2v) is 4.05. The largest absolute Gasteiger partial charge is 0.465 e. The molecular weight excluding hydrogens is 195 g/mol. The van der Waals surface area contributed by atoms with Crippen LogP contribution in [0.1, 0.15) is 13.8 Å². The Hall–Kier alpha value is -0.640. The van der Waals surface area contributed by atoms with Crippen LogP contribution in [0, 0.1) is 0 Å². The van der Waals surface area contributed by atoms with Gasteiger partial charge in [-0.05, 0) is 13.8 Å². The lowest BCUT2D eigenvalue weighted by molar-refractivity contribution is -0.141. The number of carbonyl (C=O) groups is 1. The molecule has 0 bridgehead atoms. The fourth-order valence-electron chi connectivity index (χ4n) is 0.738. The molecule has 13 heavy (non-hydrogen) atoms. The Labute approximate surface area is 76.6 Å². The average molecular weight is 208 g/mol. The van der Waals surface area contributed by atoms with E-state index in [1.807, 2.05) is 0 Å². The molecule has 0 amide bonds. The van der Waals surface area contributed by atoms with Crippen LogP contribution in [-0.2, 0) is 14.1 Å². The van der Waals surface area contributed by atoms with Crippen molar-refractivity contribution in [3.8, 4) is 0 Å². The van der Waals surface area contributed by atoms with Crippen molar-refractivity contribution in [2.75, 3.05) is 6.61 Å². The van der Waals surface area contributed by atoms with Crippen LogP contribution < -0.4 is 0 Å². The Bertz CT molecular complexity index is 241. The minimum atomic E-state index is -4.44. The highest BCUT2D eigenvalue weighted by molar-refractivity contribution is 7.54. The van der Waals surface area contributed by atoms with Crippen molar-refractivity contribution in [2.45, 2.75) is 19.5 Å². The van der Waals surface area contributed by atoms with E-state index >= 15 is 0 Å². The lowest BCUT2D eigenvalue weighted by atomic mass is 10.4. The molecule has 6 heteroatoms. The number of hydrogen-bond donors (Lipinski definition) is 2. The first-order valence-electron chi connectivity index (χ1n) is 3.78. The highest BCUT2D eigenvalue weighted by atomic mass is 31.2. The summed E-state index contributed by atoms with van der Waals surface area (Å²) in [6.45, 7) is 3.25. The molecule has 0 aliphatic rings. The van der Waals surface area contributed by atoms with Crippen LogP contribution >= 0.6 is 7.60 Å². The highest BCUT2D eigenvalue weighted by Crippen LogP contribution is 2.42. The fourth-order valence-corrected chi connectivity index (χ4v) is 1.48. The highest BCUT2D eigenvalue weighted by Gasteiger charge is 2.34. The molecule has 0 aromatic carbocycles. The summed E-state index contributed by atoms with van der Waals surface area (Å²) in [4.78, 5) is 28.5. The van der Waals surface area contributed by atoms with Crippen LogP contribution in [-0.4, -0.2) is 28.0 Å². The first-order chi connectivity index (χ1) is 5.93. The molecule has 0 aliphatic carbocycles. The van der Waals surface area contributed by atoms with Crippen LogP contribution in [0.2, 0.25) is 0 Å². The number of allylic oxidation sites excluding steroid dienone is 1. The molecule has 1 atom stereocenters. The monoisotopic (exact) mass is 208 g/mol. The topological polar surface area (TPSA) is 83.8 Å². The van der Waals surface area contributed by atoms with Gasteiger partial charge in [0.1, 0.15) is 0 Å². The summed E-state index contributed by atoms with van der Waals surface area (Å²) in [7, 11) is -4.44. The van der Waals surface area contributed by atoms with Crippen molar-refractivity contribution in [2.24, 2.45) is 0 Å². The number of rotatable bonds is 4.